The molecule has 0 radical (unpaired) electrons. The Morgan fingerprint density at radius 3 is 2.30 bits per heavy atom. The molecule has 30 heavy (non-hydrogen) atoms. The van der Waals surface area contributed by atoms with Crippen LogP contribution in [0.15, 0.2) is 77.7 Å². The number of carbonyl (C=O) groups is 1. The maximum absolute atomic E-state index is 13.9. The molecule has 0 aliphatic carbocycles. The maximum Gasteiger partial charge on any atom is 0.243 e. The molecule has 0 fully saturated rings. The van der Waals surface area contributed by atoms with Crippen molar-refractivity contribution in [3.05, 3.63) is 94.8 Å². The number of nitrogens with zero attached hydrogens (tertiary/aromatic N) is 1. The van der Waals surface area contributed by atoms with Gasteiger partial charge in [-0.25, -0.2) is 12.8 Å². The van der Waals surface area contributed by atoms with E-state index in [4.69, 9.17) is 11.6 Å². The van der Waals surface area contributed by atoms with Crippen molar-refractivity contribution in [1.82, 2.24) is 4.31 Å². The minimum atomic E-state index is -4.01. The first-order valence-electron chi connectivity index (χ1n) is 9.12. The topological polar surface area (TPSA) is 66.5 Å². The second-order valence-corrected chi connectivity index (χ2v) is 9.06. The monoisotopic (exact) mass is 446 g/mol. The molecule has 0 aliphatic rings. The minimum Gasteiger partial charge on any atom is -0.322 e. The Bertz CT molecular complexity index is 1150. The minimum absolute atomic E-state index is 0.0116. The summed E-state index contributed by atoms with van der Waals surface area (Å²) in [4.78, 5) is 12.6. The van der Waals surface area contributed by atoms with Gasteiger partial charge in [-0.3, -0.25) is 4.79 Å². The molecule has 0 heterocycles. The number of nitrogens with one attached hydrogen (secondary N) is 1. The van der Waals surface area contributed by atoms with Gasteiger partial charge in [0.2, 0.25) is 15.9 Å². The molecular weight excluding hydrogens is 427 g/mol. The van der Waals surface area contributed by atoms with Crippen molar-refractivity contribution in [3.63, 3.8) is 0 Å². The fraction of sp³-hybridized carbons (Fsp3) is 0.136. The van der Waals surface area contributed by atoms with E-state index in [1.807, 2.05) is 19.1 Å². The molecule has 1 N–H and O–H groups in total. The lowest BCUT2D eigenvalue weighted by Gasteiger charge is -2.23. The molecule has 5 nitrogen and oxygen atoms in total. The van der Waals surface area contributed by atoms with Gasteiger partial charge in [-0.1, -0.05) is 48.0 Å². The Morgan fingerprint density at radius 1 is 1.00 bits per heavy atom. The highest BCUT2D eigenvalue weighted by Crippen LogP contribution is 2.22. The average molecular weight is 447 g/mol. The third kappa shape index (κ3) is 5.24. The van der Waals surface area contributed by atoms with E-state index in [1.165, 1.54) is 42.5 Å². The largest absolute Gasteiger partial charge is 0.322 e. The van der Waals surface area contributed by atoms with Crippen LogP contribution in [0.2, 0.25) is 5.02 Å². The van der Waals surface area contributed by atoms with Crippen molar-refractivity contribution in [3.8, 4) is 0 Å². The standard InChI is InChI=1S/C22H20ClFN2O3S/c1-16-6-2-3-7-17(16)14-26(30(28,29)19-12-10-18(23)11-13-19)15-22(27)25-21-9-5-4-8-20(21)24/h2-13H,14-15H2,1H3,(H,25,27). The van der Waals surface area contributed by atoms with Crippen LogP contribution in [-0.2, 0) is 21.4 Å². The van der Waals surface area contributed by atoms with E-state index in [2.05, 4.69) is 5.32 Å². The predicted molar refractivity (Wildman–Crippen MR) is 115 cm³/mol. The summed E-state index contributed by atoms with van der Waals surface area (Å²) >= 11 is 5.87. The summed E-state index contributed by atoms with van der Waals surface area (Å²) in [5.41, 5.74) is 1.64. The van der Waals surface area contributed by atoms with Crippen LogP contribution in [0.4, 0.5) is 10.1 Å². The van der Waals surface area contributed by atoms with Crippen LogP contribution in [0.25, 0.3) is 0 Å². The van der Waals surface area contributed by atoms with Gasteiger partial charge >= 0.3 is 0 Å². The molecule has 0 spiro atoms. The van der Waals surface area contributed by atoms with Gasteiger partial charge < -0.3 is 5.32 Å². The predicted octanol–water partition coefficient (Wildman–Crippen LogP) is 4.62. The van der Waals surface area contributed by atoms with Crippen LogP contribution in [0.1, 0.15) is 11.1 Å². The van der Waals surface area contributed by atoms with Crippen LogP contribution in [-0.4, -0.2) is 25.2 Å². The van der Waals surface area contributed by atoms with E-state index in [1.54, 1.807) is 18.2 Å². The van der Waals surface area contributed by atoms with E-state index >= 15 is 0 Å². The highest BCUT2D eigenvalue weighted by molar-refractivity contribution is 7.89. The summed E-state index contributed by atoms with van der Waals surface area (Å²) in [6.07, 6.45) is 0. The van der Waals surface area contributed by atoms with Crippen molar-refractivity contribution in [2.75, 3.05) is 11.9 Å². The normalized spacial score (nSPS) is 11.5. The fourth-order valence-corrected chi connectivity index (χ4v) is 4.37. The quantitative estimate of drug-likeness (QED) is 0.576. The van der Waals surface area contributed by atoms with Gasteiger partial charge in [-0.05, 0) is 54.4 Å². The molecule has 3 aromatic rings. The molecule has 0 aromatic heterocycles. The van der Waals surface area contributed by atoms with E-state index in [0.717, 1.165) is 15.4 Å². The van der Waals surface area contributed by atoms with Crippen LogP contribution >= 0.6 is 11.6 Å². The Hall–Kier alpha value is -2.74. The van der Waals surface area contributed by atoms with Crippen LogP contribution in [0.3, 0.4) is 0 Å². The van der Waals surface area contributed by atoms with Crippen molar-refractivity contribution in [2.24, 2.45) is 0 Å². The Morgan fingerprint density at radius 2 is 1.63 bits per heavy atom. The number of aryl methyl sites for hydroxylation is 1. The van der Waals surface area contributed by atoms with Gasteiger partial charge in [0.05, 0.1) is 17.1 Å². The molecule has 0 saturated heterocycles. The number of hydrogen-bond donors (Lipinski definition) is 1. The average Bonchev–Trinajstić information content (AvgIpc) is 2.71. The van der Waals surface area contributed by atoms with Gasteiger partial charge in [0, 0.05) is 11.6 Å². The molecule has 0 aliphatic heterocycles. The number of rotatable bonds is 7. The van der Waals surface area contributed by atoms with Crippen molar-refractivity contribution < 1.29 is 17.6 Å². The molecule has 156 valence electrons. The number of para-hydroxylation sites is 1. The van der Waals surface area contributed by atoms with Gasteiger partial charge in [0.25, 0.3) is 0 Å². The van der Waals surface area contributed by atoms with Gasteiger partial charge in [-0.2, -0.15) is 4.31 Å². The van der Waals surface area contributed by atoms with Gasteiger partial charge in [0.15, 0.2) is 0 Å². The lowest BCUT2D eigenvalue weighted by atomic mass is 10.1. The lowest BCUT2D eigenvalue weighted by molar-refractivity contribution is -0.116. The molecule has 3 rings (SSSR count). The van der Waals surface area contributed by atoms with Crippen molar-refractivity contribution in [2.45, 2.75) is 18.4 Å². The van der Waals surface area contributed by atoms with Crippen molar-refractivity contribution >= 4 is 33.2 Å². The Kier molecular flexibility index (Phi) is 6.87. The zero-order chi connectivity index (χ0) is 21.7. The Balaban J connectivity index is 1.91. The highest BCUT2D eigenvalue weighted by Gasteiger charge is 2.27. The number of halogens is 2. The SMILES string of the molecule is Cc1ccccc1CN(CC(=O)Nc1ccccc1F)S(=O)(=O)c1ccc(Cl)cc1. The summed E-state index contributed by atoms with van der Waals surface area (Å²) < 4.78 is 41.4. The third-order valence-electron chi connectivity index (χ3n) is 4.53. The number of anilines is 1. The molecule has 1 amide bonds. The first kappa shape index (κ1) is 22.0. The summed E-state index contributed by atoms with van der Waals surface area (Å²) in [6.45, 7) is 1.37. The molecule has 0 bridgehead atoms. The first-order chi connectivity index (χ1) is 14.3. The molecule has 0 saturated carbocycles. The summed E-state index contributed by atoms with van der Waals surface area (Å²) in [5, 5.41) is 2.83. The first-order valence-corrected chi connectivity index (χ1v) is 10.9. The van der Waals surface area contributed by atoms with E-state index in [-0.39, 0.29) is 17.1 Å². The van der Waals surface area contributed by atoms with E-state index < -0.39 is 28.3 Å². The van der Waals surface area contributed by atoms with Crippen molar-refractivity contribution in [1.29, 1.82) is 0 Å². The van der Waals surface area contributed by atoms with Crippen LogP contribution < -0.4 is 5.32 Å². The second kappa shape index (κ2) is 9.38. The van der Waals surface area contributed by atoms with Crippen LogP contribution in [0.5, 0.6) is 0 Å². The lowest BCUT2D eigenvalue weighted by Crippen LogP contribution is -2.37. The van der Waals surface area contributed by atoms with Gasteiger partial charge in [0.1, 0.15) is 5.82 Å². The number of amides is 1. The smallest absolute Gasteiger partial charge is 0.243 e. The zero-order valence-corrected chi connectivity index (χ0v) is 17.8. The fourth-order valence-electron chi connectivity index (χ4n) is 2.87. The second-order valence-electron chi connectivity index (χ2n) is 6.68. The zero-order valence-electron chi connectivity index (χ0n) is 16.2. The van der Waals surface area contributed by atoms with E-state index in [0.29, 0.717) is 5.02 Å². The Labute approximate surface area is 180 Å². The molecule has 0 atom stereocenters. The highest BCUT2D eigenvalue weighted by atomic mass is 35.5. The maximum atomic E-state index is 13.9. The summed E-state index contributed by atoms with van der Waals surface area (Å²) in [5.74, 6) is -1.25. The number of carbonyl (C=O) groups excluding carboxylic acids is 1. The molecule has 8 heteroatoms. The van der Waals surface area contributed by atoms with Crippen LogP contribution in [0, 0.1) is 12.7 Å². The number of sulfonamides is 1. The number of benzene rings is 3. The third-order valence-corrected chi connectivity index (χ3v) is 6.59. The summed E-state index contributed by atoms with van der Waals surface area (Å²) in [7, 11) is -4.01. The van der Waals surface area contributed by atoms with E-state index in [9.17, 15) is 17.6 Å². The van der Waals surface area contributed by atoms with Gasteiger partial charge in [-0.15, -0.1) is 0 Å². The summed E-state index contributed by atoms with van der Waals surface area (Å²) in [6, 6.07) is 18.7. The molecule has 0 unspecified atom stereocenters. The molecular formula is C22H20ClFN2O3S. The molecule has 3 aromatic carbocycles. The number of hydrogen-bond acceptors (Lipinski definition) is 3.